The Hall–Kier alpha value is -3.91. The van der Waals surface area contributed by atoms with E-state index in [0.29, 0.717) is 40.1 Å². The molecule has 1 amide bonds. The lowest BCUT2D eigenvalue weighted by Gasteiger charge is -2.12. The van der Waals surface area contributed by atoms with Crippen molar-refractivity contribution in [1.82, 2.24) is 0 Å². The highest BCUT2D eigenvalue weighted by Crippen LogP contribution is 2.27. The number of anilines is 1. The zero-order valence-electron chi connectivity index (χ0n) is 16.7. The second-order valence-corrected chi connectivity index (χ2v) is 6.72. The van der Waals surface area contributed by atoms with Gasteiger partial charge in [-0.05, 0) is 48.4 Å². The fourth-order valence-electron chi connectivity index (χ4n) is 3.01. The molecule has 150 valence electrons. The number of unbranched alkanes of at least 4 members (excludes halogenated alkanes) is 1. The minimum Gasteiger partial charge on any atom is -0.462 e. The number of carbonyl (C=O) groups is 2. The fraction of sp³-hybridized carbons (Fsp3) is 0.160. The maximum Gasteiger partial charge on any atom is 0.338 e. The summed E-state index contributed by atoms with van der Waals surface area (Å²) in [6.07, 6.45) is 1.78. The van der Waals surface area contributed by atoms with Crippen molar-refractivity contribution in [3.05, 3.63) is 89.5 Å². The van der Waals surface area contributed by atoms with E-state index in [1.54, 1.807) is 48.5 Å². The van der Waals surface area contributed by atoms with Crippen LogP contribution in [-0.4, -0.2) is 18.5 Å². The SMILES string of the molecule is CCCCOC(=O)c1ccc(NC(=O)c2ccccc2-c2ccccc2C#N)cc1. The minimum atomic E-state index is -0.375. The smallest absolute Gasteiger partial charge is 0.338 e. The first-order valence-corrected chi connectivity index (χ1v) is 9.81. The minimum absolute atomic E-state index is 0.295. The molecule has 0 aliphatic heterocycles. The second-order valence-electron chi connectivity index (χ2n) is 6.72. The number of carbonyl (C=O) groups excluding carboxylic acids is 2. The molecule has 0 bridgehead atoms. The van der Waals surface area contributed by atoms with Crippen LogP contribution in [0.25, 0.3) is 11.1 Å². The lowest BCUT2D eigenvalue weighted by molar-refractivity contribution is 0.0499. The van der Waals surface area contributed by atoms with Crippen molar-refractivity contribution in [1.29, 1.82) is 5.26 Å². The van der Waals surface area contributed by atoms with Gasteiger partial charge in [0.05, 0.1) is 23.8 Å². The quantitative estimate of drug-likeness (QED) is 0.425. The summed E-state index contributed by atoms with van der Waals surface area (Å²) in [7, 11) is 0. The van der Waals surface area contributed by atoms with Crippen LogP contribution in [0.5, 0.6) is 0 Å². The standard InChI is InChI=1S/C25H22N2O3/c1-2-3-16-30-25(29)18-12-14-20(15-13-18)27-24(28)23-11-7-6-10-22(23)21-9-5-4-8-19(21)17-26/h4-15H,2-3,16H2,1H3,(H,27,28). The van der Waals surface area contributed by atoms with Gasteiger partial charge in [-0.3, -0.25) is 4.79 Å². The van der Waals surface area contributed by atoms with Crippen LogP contribution >= 0.6 is 0 Å². The van der Waals surface area contributed by atoms with Crippen LogP contribution in [0.4, 0.5) is 5.69 Å². The molecule has 0 aliphatic carbocycles. The van der Waals surface area contributed by atoms with Crippen LogP contribution in [0.1, 0.15) is 46.0 Å². The van der Waals surface area contributed by atoms with E-state index < -0.39 is 0 Å². The van der Waals surface area contributed by atoms with E-state index in [1.165, 1.54) is 0 Å². The van der Waals surface area contributed by atoms with Gasteiger partial charge in [-0.1, -0.05) is 49.7 Å². The van der Waals surface area contributed by atoms with Crippen LogP contribution < -0.4 is 5.32 Å². The monoisotopic (exact) mass is 398 g/mol. The first-order chi connectivity index (χ1) is 14.6. The highest BCUT2D eigenvalue weighted by molar-refractivity contribution is 6.09. The molecule has 0 aliphatic rings. The van der Waals surface area contributed by atoms with Crippen LogP contribution in [0.15, 0.2) is 72.8 Å². The molecule has 3 rings (SSSR count). The van der Waals surface area contributed by atoms with Crippen molar-refractivity contribution in [3.63, 3.8) is 0 Å². The van der Waals surface area contributed by atoms with Gasteiger partial charge in [0.1, 0.15) is 0 Å². The number of rotatable bonds is 7. The van der Waals surface area contributed by atoms with Gasteiger partial charge in [-0.25, -0.2) is 4.79 Å². The second kappa shape index (κ2) is 10.0. The molecular formula is C25H22N2O3. The molecular weight excluding hydrogens is 376 g/mol. The molecule has 0 spiro atoms. The third-order valence-corrected chi connectivity index (χ3v) is 4.62. The lowest BCUT2D eigenvalue weighted by Crippen LogP contribution is -2.13. The molecule has 5 heteroatoms. The highest BCUT2D eigenvalue weighted by atomic mass is 16.5. The number of hydrogen-bond donors (Lipinski definition) is 1. The van der Waals surface area contributed by atoms with E-state index in [1.807, 2.05) is 31.2 Å². The number of benzene rings is 3. The average molecular weight is 398 g/mol. The number of hydrogen-bond acceptors (Lipinski definition) is 4. The van der Waals surface area contributed by atoms with Crippen molar-refractivity contribution in [3.8, 4) is 17.2 Å². The molecule has 3 aromatic carbocycles. The van der Waals surface area contributed by atoms with Crippen LogP contribution in [-0.2, 0) is 4.74 Å². The molecule has 1 N–H and O–H groups in total. The molecule has 0 radical (unpaired) electrons. The van der Waals surface area contributed by atoms with E-state index in [9.17, 15) is 14.9 Å². The van der Waals surface area contributed by atoms with Gasteiger partial charge < -0.3 is 10.1 Å². The van der Waals surface area contributed by atoms with Gasteiger partial charge in [0.15, 0.2) is 0 Å². The van der Waals surface area contributed by atoms with Gasteiger partial charge in [0, 0.05) is 16.8 Å². The zero-order valence-corrected chi connectivity index (χ0v) is 16.7. The summed E-state index contributed by atoms with van der Waals surface area (Å²) in [5.41, 5.74) is 3.35. The zero-order chi connectivity index (χ0) is 21.3. The number of nitrogens with zero attached hydrogens (tertiary/aromatic N) is 1. The van der Waals surface area contributed by atoms with E-state index >= 15 is 0 Å². The largest absolute Gasteiger partial charge is 0.462 e. The maximum absolute atomic E-state index is 12.9. The number of esters is 1. The summed E-state index contributed by atoms with van der Waals surface area (Å²) in [5, 5.41) is 12.2. The maximum atomic E-state index is 12.9. The Labute approximate surface area is 175 Å². The molecule has 0 saturated heterocycles. The van der Waals surface area contributed by atoms with E-state index in [0.717, 1.165) is 12.8 Å². The Kier molecular flexibility index (Phi) is 6.96. The molecule has 3 aromatic rings. The Morgan fingerprint density at radius 3 is 2.30 bits per heavy atom. The van der Waals surface area contributed by atoms with E-state index in [-0.39, 0.29) is 11.9 Å². The Bertz CT molecular complexity index is 1080. The first-order valence-electron chi connectivity index (χ1n) is 9.81. The van der Waals surface area contributed by atoms with Gasteiger partial charge in [0.2, 0.25) is 0 Å². The predicted octanol–water partition coefficient (Wildman–Crippen LogP) is 5.43. The summed E-state index contributed by atoms with van der Waals surface area (Å²) in [6.45, 7) is 2.43. The number of amides is 1. The molecule has 0 heterocycles. The molecule has 0 unspecified atom stereocenters. The lowest BCUT2D eigenvalue weighted by atomic mass is 9.95. The first kappa shape index (κ1) is 20.8. The number of ether oxygens (including phenoxy) is 1. The molecule has 0 saturated carbocycles. The topological polar surface area (TPSA) is 79.2 Å². The normalized spacial score (nSPS) is 10.1. The summed E-state index contributed by atoms with van der Waals surface area (Å²) in [6, 6.07) is 23.1. The van der Waals surface area contributed by atoms with Crippen molar-refractivity contribution in [2.75, 3.05) is 11.9 Å². The summed E-state index contributed by atoms with van der Waals surface area (Å²) in [5.74, 6) is -0.670. The number of nitriles is 1. The van der Waals surface area contributed by atoms with Crippen molar-refractivity contribution < 1.29 is 14.3 Å². The molecule has 0 fully saturated rings. The third kappa shape index (κ3) is 4.92. The molecule has 5 nitrogen and oxygen atoms in total. The molecule has 0 atom stereocenters. The summed E-state index contributed by atoms with van der Waals surface area (Å²) >= 11 is 0. The van der Waals surface area contributed by atoms with Gasteiger partial charge >= 0.3 is 5.97 Å². The van der Waals surface area contributed by atoms with Crippen LogP contribution in [0.2, 0.25) is 0 Å². The molecule has 0 aromatic heterocycles. The van der Waals surface area contributed by atoms with Gasteiger partial charge in [0.25, 0.3) is 5.91 Å². The van der Waals surface area contributed by atoms with Crippen LogP contribution in [0.3, 0.4) is 0 Å². The molecule has 30 heavy (non-hydrogen) atoms. The number of nitrogens with one attached hydrogen (secondary N) is 1. The van der Waals surface area contributed by atoms with Crippen molar-refractivity contribution in [2.45, 2.75) is 19.8 Å². The fourth-order valence-corrected chi connectivity index (χ4v) is 3.01. The summed E-state index contributed by atoms with van der Waals surface area (Å²) in [4.78, 5) is 24.9. The predicted molar refractivity (Wildman–Crippen MR) is 116 cm³/mol. The summed E-state index contributed by atoms with van der Waals surface area (Å²) < 4.78 is 5.19. The Morgan fingerprint density at radius 2 is 1.60 bits per heavy atom. The average Bonchev–Trinajstić information content (AvgIpc) is 2.79. The Morgan fingerprint density at radius 1 is 0.933 bits per heavy atom. The van der Waals surface area contributed by atoms with Crippen LogP contribution in [0, 0.1) is 11.3 Å². The highest BCUT2D eigenvalue weighted by Gasteiger charge is 2.15. The third-order valence-electron chi connectivity index (χ3n) is 4.62. The Balaban J connectivity index is 1.78. The van der Waals surface area contributed by atoms with Gasteiger partial charge in [-0.15, -0.1) is 0 Å². The van der Waals surface area contributed by atoms with Gasteiger partial charge in [-0.2, -0.15) is 5.26 Å². The van der Waals surface area contributed by atoms with Crippen molar-refractivity contribution in [2.24, 2.45) is 0 Å². The van der Waals surface area contributed by atoms with E-state index in [2.05, 4.69) is 11.4 Å². The van der Waals surface area contributed by atoms with Crippen molar-refractivity contribution >= 4 is 17.6 Å². The van der Waals surface area contributed by atoms with E-state index in [4.69, 9.17) is 4.74 Å².